The molecule has 0 aliphatic carbocycles. The van der Waals surface area contributed by atoms with E-state index in [2.05, 4.69) is 0 Å². The summed E-state index contributed by atoms with van der Waals surface area (Å²) >= 11 is 5.88. The molecule has 0 bridgehead atoms. The van der Waals surface area contributed by atoms with Crippen molar-refractivity contribution in [1.82, 2.24) is 0 Å². The van der Waals surface area contributed by atoms with Crippen LogP contribution in [0.15, 0.2) is 42.5 Å². The highest BCUT2D eigenvalue weighted by molar-refractivity contribution is 6.30. The molecule has 0 aliphatic heterocycles. The van der Waals surface area contributed by atoms with E-state index < -0.39 is 0 Å². The van der Waals surface area contributed by atoms with Crippen LogP contribution in [0, 0.1) is 0 Å². The molecule has 0 saturated carbocycles. The molecule has 2 nitrogen and oxygen atoms in total. The van der Waals surface area contributed by atoms with Crippen LogP contribution in [-0.4, -0.2) is 7.11 Å². The molecule has 3 heteroatoms. The van der Waals surface area contributed by atoms with Gasteiger partial charge in [0.2, 0.25) is 0 Å². The van der Waals surface area contributed by atoms with Gasteiger partial charge in [0.15, 0.2) is 0 Å². The third kappa shape index (κ3) is 2.78. The molecule has 0 radical (unpaired) electrons. The zero-order valence-corrected chi connectivity index (χ0v) is 10.4. The van der Waals surface area contributed by atoms with Crippen LogP contribution in [-0.2, 0) is 11.3 Å². The van der Waals surface area contributed by atoms with Gasteiger partial charge in [0.1, 0.15) is 0 Å². The largest absolute Gasteiger partial charge is 0.399 e. The summed E-state index contributed by atoms with van der Waals surface area (Å²) in [5.41, 5.74) is 9.84. The van der Waals surface area contributed by atoms with E-state index in [1.54, 1.807) is 7.11 Å². The van der Waals surface area contributed by atoms with Crippen molar-refractivity contribution in [2.24, 2.45) is 0 Å². The Kier molecular flexibility index (Phi) is 3.67. The van der Waals surface area contributed by atoms with Crippen molar-refractivity contribution in [1.29, 1.82) is 0 Å². The van der Waals surface area contributed by atoms with Gasteiger partial charge in [-0.05, 0) is 41.0 Å². The Balaban J connectivity index is 2.46. The third-order valence-electron chi connectivity index (χ3n) is 2.58. The normalized spacial score (nSPS) is 10.5. The summed E-state index contributed by atoms with van der Waals surface area (Å²) in [7, 11) is 1.68. The summed E-state index contributed by atoms with van der Waals surface area (Å²) in [5, 5.41) is 0.734. The average Bonchev–Trinajstić information content (AvgIpc) is 2.31. The van der Waals surface area contributed by atoms with Crippen LogP contribution in [0.2, 0.25) is 5.02 Å². The highest BCUT2D eigenvalue weighted by Crippen LogP contribution is 2.27. The summed E-state index contributed by atoms with van der Waals surface area (Å²) in [4.78, 5) is 0. The van der Waals surface area contributed by atoms with E-state index in [9.17, 15) is 0 Å². The number of nitrogen functional groups attached to an aromatic ring is 1. The van der Waals surface area contributed by atoms with Gasteiger partial charge < -0.3 is 10.5 Å². The highest BCUT2D eigenvalue weighted by atomic mass is 35.5. The van der Waals surface area contributed by atoms with E-state index in [1.807, 2.05) is 42.5 Å². The van der Waals surface area contributed by atoms with Gasteiger partial charge in [-0.15, -0.1) is 0 Å². The summed E-state index contributed by atoms with van der Waals surface area (Å²) in [5.74, 6) is 0. The lowest BCUT2D eigenvalue weighted by Crippen LogP contribution is -1.95. The Labute approximate surface area is 106 Å². The molecular weight excluding hydrogens is 234 g/mol. The van der Waals surface area contributed by atoms with Gasteiger partial charge in [-0.1, -0.05) is 29.8 Å². The second-order valence-electron chi connectivity index (χ2n) is 3.86. The fourth-order valence-corrected chi connectivity index (χ4v) is 1.93. The molecule has 2 aromatic carbocycles. The number of ether oxygens (including phenoxy) is 1. The van der Waals surface area contributed by atoms with Crippen molar-refractivity contribution < 1.29 is 4.74 Å². The standard InChI is InChI=1S/C14H14ClNO/c1-17-9-11-8-13(16)6-7-14(11)10-2-4-12(15)5-3-10/h2-8H,9,16H2,1H3. The van der Waals surface area contributed by atoms with E-state index in [0.717, 1.165) is 27.4 Å². The third-order valence-corrected chi connectivity index (χ3v) is 2.84. The molecule has 0 aliphatic rings. The lowest BCUT2D eigenvalue weighted by atomic mass is 9.99. The van der Waals surface area contributed by atoms with E-state index >= 15 is 0 Å². The van der Waals surface area contributed by atoms with Crippen LogP contribution in [0.1, 0.15) is 5.56 Å². The fraction of sp³-hybridized carbons (Fsp3) is 0.143. The number of rotatable bonds is 3. The molecule has 0 amide bonds. The Morgan fingerprint density at radius 3 is 2.47 bits per heavy atom. The first-order chi connectivity index (χ1) is 8.20. The van der Waals surface area contributed by atoms with Gasteiger partial charge in [-0.2, -0.15) is 0 Å². The minimum atomic E-state index is 0.545. The molecule has 0 fully saturated rings. The lowest BCUT2D eigenvalue weighted by molar-refractivity contribution is 0.185. The second-order valence-corrected chi connectivity index (χ2v) is 4.29. The number of nitrogens with two attached hydrogens (primary N) is 1. The molecule has 2 aromatic rings. The number of hydrogen-bond donors (Lipinski definition) is 1. The molecule has 0 saturated heterocycles. The summed E-state index contributed by atoms with van der Waals surface area (Å²) < 4.78 is 5.19. The van der Waals surface area contributed by atoms with Crippen molar-refractivity contribution in [3.63, 3.8) is 0 Å². The summed E-state index contributed by atoms with van der Waals surface area (Å²) in [6.45, 7) is 0.545. The van der Waals surface area contributed by atoms with E-state index in [1.165, 1.54) is 0 Å². The SMILES string of the molecule is COCc1cc(N)ccc1-c1ccc(Cl)cc1. The van der Waals surface area contributed by atoms with Crippen LogP contribution in [0.4, 0.5) is 5.69 Å². The minimum Gasteiger partial charge on any atom is -0.399 e. The topological polar surface area (TPSA) is 35.2 Å². The summed E-state index contributed by atoms with van der Waals surface area (Å²) in [6.07, 6.45) is 0. The first kappa shape index (κ1) is 12.0. The smallest absolute Gasteiger partial charge is 0.0719 e. The zero-order valence-electron chi connectivity index (χ0n) is 9.61. The molecule has 0 atom stereocenters. The lowest BCUT2D eigenvalue weighted by Gasteiger charge is -2.10. The second kappa shape index (κ2) is 5.21. The van der Waals surface area contributed by atoms with Gasteiger partial charge in [0.25, 0.3) is 0 Å². The van der Waals surface area contributed by atoms with Crippen LogP contribution in [0.3, 0.4) is 0 Å². The van der Waals surface area contributed by atoms with E-state index in [4.69, 9.17) is 22.1 Å². The van der Waals surface area contributed by atoms with Crippen molar-refractivity contribution in [3.05, 3.63) is 53.1 Å². The Morgan fingerprint density at radius 1 is 1.12 bits per heavy atom. The predicted octanol–water partition coefficient (Wildman–Crippen LogP) is 3.74. The van der Waals surface area contributed by atoms with Crippen molar-refractivity contribution in [2.45, 2.75) is 6.61 Å². The fourth-order valence-electron chi connectivity index (χ4n) is 1.80. The monoisotopic (exact) mass is 247 g/mol. The van der Waals surface area contributed by atoms with Crippen molar-refractivity contribution in [2.75, 3.05) is 12.8 Å². The molecule has 2 N–H and O–H groups in total. The van der Waals surface area contributed by atoms with E-state index in [0.29, 0.717) is 6.61 Å². The van der Waals surface area contributed by atoms with Gasteiger partial charge >= 0.3 is 0 Å². The maximum atomic E-state index is 5.88. The Bertz CT molecular complexity index is 508. The van der Waals surface area contributed by atoms with Gasteiger partial charge in [0, 0.05) is 17.8 Å². The number of benzene rings is 2. The molecule has 0 aromatic heterocycles. The Hall–Kier alpha value is -1.51. The highest BCUT2D eigenvalue weighted by Gasteiger charge is 2.05. The quantitative estimate of drug-likeness (QED) is 0.839. The number of methoxy groups -OCH3 is 1. The van der Waals surface area contributed by atoms with Crippen molar-refractivity contribution in [3.8, 4) is 11.1 Å². The number of anilines is 1. The van der Waals surface area contributed by atoms with Crippen LogP contribution >= 0.6 is 11.6 Å². The maximum absolute atomic E-state index is 5.88. The van der Waals surface area contributed by atoms with Gasteiger partial charge in [-0.3, -0.25) is 0 Å². The van der Waals surface area contributed by atoms with Crippen LogP contribution in [0.25, 0.3) is 11.1 Å². The zero-order chi connectivity index (χ0) is 12.3. The predicted molar refractivity (Wildman–Crippen MR) is 72.0 cm³/mol. The first-order valence-electron chi connectivity index (χ1n) is 5.34. The first-order valence-corrected chi connectivity index (χ1v) is 5.72. The maximum Gasteiger partial charge on any atom is 0.0719 e. The van der Waals surface area contributed by atoms with Gasteiger partial charge in [-0.25, -0.2) is 0 Å². The molecule has 88 valence electrons. The van der Waals surface area contributed by atoms with E-state index in [-0.39, 0.29) is 0 Å². The Morgan fingerprint density at radius 2 is 1.82 bits per heavy atom. The molecule has 17 heavy (non-hydrogen) atoms. The summed E-state index contributed by atoms with van der Waals surface area (Å²) in [6, 6.07) is 13.6. The number of hydrogen-bond acceptors (Lipinski definition) is 2. The molecule has 0 heterocycles. The average molecular weight is 248 g/mol. The molecule has 0 spiro atoms. The minimum absolute atomic E-state index is 0.545. The van der Waals surface area contributed by atoms with Crippen molar-refractivity contribution >= 4 is 17.3 Å². The van der Waals surface area contributed by atoms with Crippen LogP contribution < -0.4 is 5.73 Å². The van der Waals surface area contributed by atoms with Gasteiger partial charge in [0.05, 0.1) is 6.61 Å². The molecule has 0 unspecified atom stereocenters. The number of halogens is 1. The molecular formula is C14H14ClNO. The van der Waals surface area contributed by atoms with Crippen LogP contribution in [0.5, 0.6) is 0 Å². The molecule has 2 rings (SSSR count).